The Kier molecular flexibility index (Phi) is 4.76. The monoisotopic (exact) mass is 374 g/mol. The molecule has 6 rings (SSSR count). The van der Waals surface area contributed by atoms with Crippen molar-refractivity contribution >= 4 is 21.8 Å². The van der Waals surface area contributed by atoms with E-state index in [2.05, 4.69) is 64.9 Å². The third kappa shape index (κ3) is 3.17. The molecule has 1 aromatic heterocycles. The quantitative estimate of drug-likeness (QED) is 0.528. The lowest BCUT2D eigenvalue weighted by Gasteiger charge is -2.42. The van der Waals surface area contributed by atoms with E-state index in [0.29, 0.717) is 6.61 Å². The Hall–Kier alpha value is -2.42. The number of piperidine rings is 3. The Morgan fingerprint density at radius 3 is 2.64 bits per heavy atom. The first-order chi connectivity index (χ1) is 13.8. The predicted octanol–water partition coefficient (Wildman–Crippen LogP) is 5.97. The summed E-state index contributed by atoms with van der Waals surface area (Å²) in [5.41, 5.74) is 4.12. The summed E-state index contributed by atoms with van der Waals surface area (Å²) in [5.74, 6) is 1.88. The van der Waals surface area contributed by atoms with Gasteiger partial charge in [-0.25, -0.2) is 0 Å². The second-order valence-electron chi connectivity index (χ2n) is 8.34. The zero-order chi connectivity index (χ0) is 18.9. The smallest absolute Gasteiger partial charge is 0.121 e. The van der Waals surface area contributed by atoms with Crippen LogP contribution in [0.25, 0.3) is 21.8 Å². The molecule has 0 spiro atoms. The number of hydrogen-bond acceptors (Lipinski definition) is 2. The van der Waals surface area contributed by atoms with Crippen molar-refractivity contribution in [2.24, 2.45) is 5.92 Å². The second-order valence-corrected chi connectivity index (χ2v) is 8.34. The zero-order valence-electron chi connectivity index (χ0n) is 16.9. The molecule has 3 aliphatic heterocycles. The number of aryl methyl sites for hydroxylation is 1. The standard InChI is InChI=1S/C25H30N2O/c1-2-3-13-27-24-7-5-4-6-22(24)23-9-8-21(18-25(23)27)28-16-12-20-17-19-10-14-26(20)15-11-19/h4-9,12,18-19H,2-3,10-11,13-17H2,1H3. The molecule has 0 N–H and O–H groups in total. The van der Waals surface area contributed by atoms with Crippen molar-refractivity contribution in [3.05, 3.63) is 54.2 Å². The summed E-state index contributed by atoms with van der Waals surface area (Å²) in [6, 6.07) is 15.3. The van der Waals surface area contributed by atoms with Crippen LogP contribution in [0.15, 0.2) is 54.2 Å². The lowest BCUT2D eigenvalue weighted by Crippen LogP contribution is -2.39. The molecule has 0 radical (unpaired) electrons. The van der Waals surface area contributed by atoms with Crippen molar-refractivity contribution in [2.75, 3.05) is 19.7 Å². The summed E-state index contributed by atoms with van der Waals surface area (Å²) in [5, 5.41) is 2.67. The third-order valence-corrected chi connectivity index (χ3v) is 6.57. The van der Waals surface area contributed by atoms with Gasteiger partial charge in [0.25, 0.3) is 0 Å². The highest BCUT2D eigenvalue weighted by atomic mass is 16.5. The predicted molar refractivity (Wildman–Crippen MR) is 117 cm³/mol. The molecule has 3 nitrogen and oxygen atoms in total. The maximum atomic E-state index is 6.16. The van der Waals surface area contributed by atoms with Gasteiger partial charge in [-0.15, -0.1) is 0 Å². The van der Waals surface area contributed by atoms with Crippen LogP contribution in [0.4, 0.5) is 0 Å². The molecule has 3 aromatic rings. The Morgan fingerprint density at radius 2 is 1.86 bits per heavy atom. The topological polar surface area (TPSA) is 17.4 Å². The normalized spacial score (nSPS) is 18.6. The van der Waals surface area contributed by atoms with Crippen molar-refractivity contribution in [1.29, 1.82) is 0 Å². The number of rotatable bonds is 6. The summed E-state index contributed by atoms with van der Waals surface area (Å²) in [7, 11) is 0. The maximum absolute atomic E-state index is 6.16. The van der Waals surface area contributed by atoms with Crippen LogP contribution in [0.3, 0.4) is 0 Å². The van der Waals surface area contributed by atoms with Gasteiger partial charge in [0, 0.05) is 47.7 Å². The average molecular weight is 375 g/mol. The summed E-state index contributed by atoms with van der Waals surface area (Å²) < 4.78 is 8.63. The minimum atomic E-state index is 0.666. The van der Waals surface area contributed by atoms with Gasteiger partial charge in [-0.3, -0.25) is 0 Å². The van der Waals surface area contributed by atoms with E-state index in [1.54, 1.807) is 0 Å². The molecule has 2 aromatic carbocycles. The first-order valence-electron chi connectivity index (χ1n) is 10.9. The molecular formula is C25H30N2O. The van der Waals surface area contributed by atoms with Crippen molar-refractivity contribution in [3.8, 4) is 5.75 Å². The molecule has 0 saturated carbocycles. The van der Waals surface area contributed by atoms with E-state index < -0.39 is 0 Å². The Morgan fingerprint density at radius 1 is 1.04 bits per heavy atom. The highest BCUT2D eigenvalue weighted by Crippen LogP contribution is 2.34. The third-order valence-electron chi connectivity index (χ3n) is 6.57. The number of para-hydroxylation sites is 1. The number of benzene rings is 2. The van der Waals surface area contributed by atoms with E-state index in [4.69, 9.17) is 4.74 Å². The lowest BCUT2D eigenvalue weighted by molar-refractivity contribution is 0.158. The molecule has 0 atom stereocenters. The minimum absolute atomic E-state index is 0.666. The Balaban J connectivity index is 1.40. The van der Waals surface area contributed by atoms with E-state index in [1.807, 2.05) is 0 Å². The second kappa shape index (κ2) is 7.54. The molecule has 0 unspecified atom stereocenters. The fraction of sp³-hybridized carbons (Fsp3) is 0.440. The lowest BCUT2D eigenvalue weighted by atomic mass is 9.86. The van der Waals surface area contributed by atoms with Crippen LogP contribution in [0.5, 0.6) is 5.75 Å². The molecule has 146 valence electrons. The van der Waals surface area contributed by atoms with Gasteiger partial charge in [0.1, 0.15) is 12.4 Å². The molecule has 3 heteroatoms. The number of aromatic nitrogens is 1. The number of fused-ring (bicyclic) bond motifs is 6. The van der Waals surface area contributed by atoms with Crippen LogP contribution < -0.4 is 4.74 Å². The van der Waals surface area contributed by atoms with Crippen LogP contribution in [-0.2, 0) is 6.54 Å². The SMILES string of the molecule is CCCCn1c2ccccc2c2ccc(OCC=C3CC4CCN3CC4)cc21. The van der Waals surface area contributed by atoms with Crippen LogP contribution in [0.1, 0.15) is 39.0 Å². The van der Waals surface area contributed by atoms with Crippen LogP contribution in [0.2, 0.25) is 0 Å². The Labute approximate surface area is 167 Å². The molecule has 28 heavy (non-hydrogen) atoms. The summed E-state index contributed by atoms with van der Waals surface area (Å²) in [4.78, 5) is 2.55. The fourth-order valence-electron chi connectivity index (χ4n) is 4.97. The zero-order valence-corrected chi connectivity index (χ0v) is 16.9. The van der Waals surface area contributed by atoms with Gasteiger partial charge in [-0.2, -0.15) is 0 Å². The van der Waals surface area contributed by atoms with E-state index in [-0.39, 0.29) is 0 Å². The molecule has 4 heterocycles. The van der Waals surface area contributed by atoms with Crippen LogP contribution in [-0.4, -0.2) is 29.2 Å². The van der Waals surface area contributed by atoms with Crippen molar-refractivity contribution < 1.29 is 4.74 Å². The van der Waals surface area contributed by atoms with E-state index >= 15 is 0 Å². The number of nitrogens with zero attached hydrogens (tertiary/aromatic N) is 2. The highest BCUT2D eigenvalue weighted by molar-refractivity contribution is 6.08. The van der Waals surface area contributed by atoms with Gasteiger partial charge < -0.3 is 14.2 Å². The van der Waals surface area contributed by atoms with E-state index in [1.165, 1.54) is 72.7 Å². The molecule has 0 aliphatic carbocycles. The van der Waals surface area contributed by atoms with Crippen LogP contribution >= 0.6 is 0 Å². The minimum Gasteiger partial charge on any atom is -0.489 e. The number of hydrogen-bond donors (Lipinski definition) is 0. The number of unbranched alkanes of at least 4 members (excludes halogenated alkanes) is 1. The molecule has 2 bridgehead atoms. The van der Waals surface area contributed by atoms with Gasteiger partial charge in [-0.1, -0.05) is 31.5 Å². The Bertz CT molecular complexity index is 1010. The first kappa shape index (κ1) is 17.7. The van der Waals surface area contributed by atoms with Crippen molar-refractivity contribution in [1.82, 2.24) is 9.47 Å². The summed E-state index contributed by atoms with van der Waals surface area (Å²) in [6.45, 7) is 6.45. The van der Waals surface area contributed by atoms with E-state index in [9.17, 15) is 0 Å². The molecule has 0 amide bonds. The highest BCUT2D eigenvalue weighted by Gasteiger charge is 2.28. The van der Waals surface area contributed by atoms with Gasteiger partial charge in [0.2, 0.25) is 0 Å². The van der Waals surface area contributed by atoms with Crippen molar-refractivity contribution in [3.63, 3.8) is 0 Å². The molecular weight excluding hydrogens is 344 g/mol. The van der Waals surface area contributed by atoms with Gasteiger partial charge in [0.05, 0.1) is 5.52 Å². The molecule has 3 fully saturated rings. The summed E-state index contributed by atoms with van der Waals surface area (Å²) in [6.07, 6.45) is 8.70. The van der Waals surface area contributed by atoms with Gasteiger partial charge >= 0.3 is 0 Å². The van der Waals surface area contributed by atoms with Gasteiger partial charge in [0.15, 0.2) is 0 Å². The number of allylic oxidation sites excluding steroid dienone is 1. The first-order valence-corrected chi connectivity index (χ1v) is 10.9. The van der Waals surface area contributed by atoms with Crippen molar-refractivity contribution in [2.45, 2.75) is 45.6 Å². The van der Waals surface area contributed by atoms with Crippen LogP contribution in [0, 0.1) is 5.92 Å². The van der Waals surface area contributed by atoms with Gasteiger partial charge in [-0.05, 0) is 55.9 Å². The molecule has 3 saturated heterocycles. The van der Waals surface area contributed by atoms with E-state index in [0.717, 1.165) is 18.2 Å². The largest absolute Gasteiger partial charge is 0.489 e. The number of ether oxygens (including phenoxy) is 1. The average Bonchev–Trinajstić information content (AvgIpc) is 3.06. The summed E-state index contributed by atoms with van der Waals surface area (Å²) >= 11 is 0. The molecule has 3 aliphatic rings. The maximum Gasteiger partial charge on any atom is 0.121 e. The fourth-order valence-corrected chi connectivity index (χ4v) is 4.97.